The highest BCUT2D eigenvalue weighted by atomic mass is 16.5. The summed E-state index contributed by atoms with van der Waals surface area (Å²) in [5.74, 6) is 0.211. The van der Waals surface area contributed by atoms with Crippen molar-refractivity contribution < 1.29 is 14.6 Å². The van der Waals surface area contributed by atoms with Gasteiger partial charge < -0.3 is 9.84 Å². The van der Waals surface area contributed by atoms with Gasteiger partial charge in [0.05, 0.1) is 0 Å². The number of carboxylic acids is 1. The highest BCUT2D eigenvalue weighted by Gasteiger charge is 2.19. The standard InChI is InChI=1S/C15H23NO3/c1-10(2)12-7-5-6-8-14(12)19-9-13(15(17)18)16-11(3)4/h5-8,10-11,13,16H,9H2,1-4H3,(H,17,18). The van der Waals surface area contributed by atoms with Crippen molar-refractivity contribution in [3.63, 3.8) is 0 Å². The average molecular weight is 265 g/mol. The van der Waals surface area contributed by atoms with Gasteiger partial charge in [-0.25, -0.2) is 0 Å². The van der Waals surface area contributed by atoms with E-state index in [-0.39, 0.29) is 12.6 Å². The van der Waals surface area contributed by atoms with Crippen LogP contribution in [0.15, 0.2) is 24.3 Å². The molecule has 0 aliphatic heterocycles. The number of rotatable bonds is 7. The number of aliphatic carboxylic acids is 1. The molecule has 1 atom stereocenters. The van der Waals surface area contributed by atoms with E-state index < -0.39 is 12.0 Å². The lowest BCUT2D eigenvalue weighted by atomic mass is 10.0. The predicted molar refractivity (Wildman–Crippen MR) is 75.7 cm³/mol. The van der Waals surface area contributed by atoms with E-state index in [1.807, 2.05) is 38.1 Å². The second-order valence-corrected chi connectivity index (χ2v) is 5.22. The van der Waals surface area contributed by atoms with Gasteiger partial charge in [-0.15, -0.1) is 0 Å². The fourth-order valence-corrected chi connectivity index (χ4v) is 1.86. The maximum atomic E-state index is 11.1. The van der Waals surface area contributed by atoms with Crippen molar-refractivity contribution in [3.8, 4) is 5.75 Å². The van der Waals surface area contributed by atoms with Gasteiger partial charge in [-0.05, 0) is 17.5 Å². The van der Waals surface area contributed by atoms with Crippen molar-refractivity contribution in [1.82, 2.24) is 5.32 Å². The summed E-state index contributed by atoms with van der Waals surface area (Å²) in [5.41, 5.74) is 1.09. The molecular formula is C15H23NO3. The Hall–Kier alpha value is -1.55. The number of nitrogens with one attached hydrogen (secondary N) is 1. The summed E-state index contributed by atoms with van der Waals surface area (Å²) in [6.07, 6.45) is 0. The Morgan fingerprint density at radius 3 is 2.42 bits per heavy atom. The number of hydrogen-bond donors (Lipinski definition) is 2. The van der Waals surface area contributed by atoms with Crippen LogP contribution in [0, 0.1) is 0 Å². The zero-order chi connectivity index (χ0) is 14.4. The highest BCUT2D eigenvalue weighted by molar-refractivity contribution is 5.73. The van der Waals surface area contributed by atoms with Gasteiger partial charge in [0.25, 0.3) is 0 Å². The first-order valence-corrected chi connectivity index (χ1v) is 6.62. The molecule has 0 radical (unpaired) electrons. The molecule has 4 heteroatoms. The van der Waals surface area contributed by atoms with E-state index in [0.717, 1.165) is 11.3 Å². The van der Waals surface area contributed by atoms with E-state index in [1.54, 1.807) is 0 Å². The van der Waals surface area contributed by atoms with E-state index in [1.165, 1.54) is 0 Å². The van der Waals surface area contributed by atoms with Gasteiger partial charge in [0, 0.05) is 6.04 Å². The van der Waals surface area contributed by atoms with E-state index in [4.69, 9.17) is 9.84 Å². The van der Waals surface area contributed by atoms with Gasteiger partial charge in [0.15, 0.2) is 0 Å². The van der Waals surface area contributed by atoms with E-state index >= 15 is 0 Å². The Morgan fingerprint density at radius 1 is 1.26 bits per heavy atom. The summed E-state index contributed by atoms with van der Waals surface area (Å²) in [6, 6.07) is 7.15. The molecule has 0 spiro atoms. The van der Waals surface area contributed by atoms with Gasteiger partial charge in [-0.1, -0.05) is 45.9 Å². The largest absolute Gasteiger partial charge is 0.491 e. The molecule has 0 fully saturated rings. The Kier molecular flexibility index (Phi) is 5.83. The molecule has 0 bridgehead atoms. The molecule has 1 rings (SSSR count). The van der Waals surface area contributed by atoms with Crippen molar-refractivity contribution in [3.05, 3.63) is 29.8 Å². The number of ether oxygens (including phenoxy) is 1. The zero-order valence-corrected chi connectivity index (χ0v) is 12.0. The molecule has 0 heterocycles. The van der Waals surface area contributed by atoms with Crippen LogP contribution in [0.1, 0.15) is 39.2 Å². The molecule has 1 unspecified atom stereocenters. The van der Waals surface area contributed by atoms with Crippen molar-refractivity contribution in [2.75, 3.05) is 6.61 Å². The first-order valence-electron chi connectivity index (χ1n) is 6.62. The Morgan fingerprint density at radius 2 is 1.89 bits per heavy atom. The summed E-state index contributed by atoms with van der Waals surface area (Å²) in [5, 5.41) is 12.1. The monoisotopic (exact) mass is 265 g/mol. The van der Waals surface area contributed by atoms with Gasteiger partial charge in [0.1, 0.15) is 18.4 Å². The second kappa shape index (κ2) is 7.14. The van der Waals surface area contributed by atoms with Crippen LogP contribution in [0.5, 0.6) is 5.75 Å². The lowest BCUT2D eigenvalue weighted by Gasteiger charge is -2.19. The Balaban J connectivity index is 2.71. The van der Waals surface area contributed by atoms with E-state index in [0.29, 0.717) is 5.92 Å². The summed E-state index contributed by atoms with van der Waals surface area (Å²) < 4.78 is 5.68. The number of carbonyl (C=O) groups is 1. The van der Waals surface area contributed by atoms with Crippen molar-refractivity contribution >= 4 is 5.97 Å². The molecule has 0 saturated carbocycles. The second-order valence-electron chi connectivity index (χ2n) is 5.22. The summed E-state index contributed by atoms with van der Waals surface area (Å²) in [4.78, 5) is 11.1. The molecule has 0 aliphatic rings. The Labute approximate surface area is 114 Å². The minimum Gasteiger partial charge on any atom is -0.491 e. The normalized spacial score (nSPS) is 12.7. The average Bonchev–Trinajstić information content (AvgIpc) is 2.34. The molecule has 0 amide bonds. The SMILES string of the molecule is CC(C)NC(COc1ccccc1C(C)C)C(=O)O. The van der Waals surface area contributed by atoms with Crippen molar-refractivity contribution in [1.29, 1.82) is 0 Å². The predicted octanol–water partition coefficient (Wildman–Crippen LogP) is 2.64. The molecule has 2 N–H and O–H groups in total. The van der Waals surface area contributed by atoms with Gasteiger partial charge >= 0.3 is 5.97 Å². The first-order chi connectivity index (χ1) is 8.91. The third-order valence-electron chi connectivity index (χ3n) is 2.78. The van der Waals surface area contributed by atoms with Crippen LogP contribution in [-0.4, -0.2) is 29.8 Å². The van der Waals surface area contributed by atoms with Crippen LogP contribution in [0.25, 0.3) is 0 Å². The fraction of sp³-hybridized carbons (Fsp3) is 0.533. The molecule has 0 aromatic heterocycles. The van der Waals surface area contributed by atoms with Gasteiger partial charge in [-0.3, -0.25) is 10.1 Å². The molecular weight excluding hydrogens is 242 g/mol. The lowest BCUT2D eigenvalue weighted by molar-refractivity contribution is -0.140. The van der Waals surface area contributed by atoms with E-state index in [2.05, 4.69) is 19.2 Å². The smallest absolute Gasteiger partial charge is 0.324 e. The molecule has 0 aliphatic carbocycles. The van der Waals surface area contributed by atoms with Crippen LogP contribution >= 0.6 is 0 Å². The van der Waals surface area contributed by atoms with Crippen molar-refractivity contribution in [2.45, 2.75) is 45.7 Å². The number of hydrogen-bond acceptors (Lipinski definition) is 3. The van der Waals surface area contributed by atoms with Crippen LogP contribution in [0.4, 0.5) is 0 Å². The van der Waals surface area contributed by atoms with Crippen LogP contribution in [0.2, 0.25) is 0 Å². The molecule has 1 aromatic rings. The van der Waals surface area contributed by atoms with Crippen LogP contribution in [-0.2, 0) is 4.79 Å². The minimum absolute atomic E-state index is 0.102. The number of para-hydroxylation sites is 1. The molecule has 0 saturated heterocycles. The van der Waals surface area contributed by atoms with E-state index in [9.17, 15) is 4.79 Å². The number of benzene rings is 1. The summed E-state index contributed by atoms with van der Waals surface area (Å²) >= 11 is 0. The molecule has 19 heavy (non-hydrogen) atoms. The molecule has 106 valence electrons. The molecule has 1 aromatic carbocycles. The topological polar surface area (TPSA) is 58.6 Å². The van der Waals surface area contributed by atoms with Crippen LogP contribution in [0.3, 0.4) is 0 Å². The minimum atomic E-state index is -0.893. The molecule has 4 nitrogen and oxygen atoms in total. The Bertz CT molecular complexity index is 416. The van der Waals surface area contributed by atoms with Crippen LogP contribution < -0.4 is 10.1 Å². The fourth-order valence-electron chi connectivity index (χ4n) is 1.86. The highest BCUT2D eigenvalue weighted by Crippen LogP contribution is 2.25. The van der Waals surface area contributed by atoms with Gasteiger partial charge in [0.2, 0.25) is 0 Å². The summed E-state index contributed by atoms with van der Waals surface area (Å²) in [7, 11) is 0. The van der Waals surface area contributed by atoms with Crippen molar-refractivity contribution in [2.24, 2.45) is 0 Å². The third-order valence-corrected chi connectivity index (χ3v) is 2.78. The maximum absolute atomic E-state index is 11.1. The number of carboxylic acid groups (broad SMARTS) is 1. The third kappa shape index (κ3) is 4.91. The zero-order valence-electron chi connectivity index (χ0n) is 12.0. The quantitative estimate of drug-likeness (QED) is 0.795. The maximum Gasteiger partial charge on any atom is 0.324 e. The lowest BCUT2D eigenvalue weighted by Crippen LogP contribution is -2.44. The summed E-state index contributed by atoms with van der Waals surface area (Å²) in [6.45, 7) is 8.12. The van der Waals surface area contributed by atoms with Gasteiger partial charge in [-0.2, -0.15) is 0 Å². The first kappa shape index (κ1) is 15.5.